The van der Waals surface area contributed by atoms with E-state index in [0.717, 1.165) is 0 Å². The highest BCUT2D eigenvalue weighted by Gasteiger charge is 2.20. The lowest BCUT2D eigenvalue weighted by Gasteiger charge is -2.11. The van der Waals surface area contributed by atoms with Crippen LogP contribution in [-0.4, -0.2) is 34.9 Å². The van der Waals surface area contributed by atoms with Crippen LogP contribution < -0.4 is 11.1 Å². The third-order valence-electron chi connectivity index (χ3n) is 2.51. The molecule has 7 heteroatoms. The van der Waals surface area contributed by atoms with Crippen molar-refractivity contribution in [3.63, 3.8) is 0 Å². The summed E-state index contributed by atoms with van der Waals surface area (Å²) in [5.74, 6) is 0. The second kappa shape index (κ2) is 6.77. The molecule has 1 aromatic rings. The molecular formula is C11H17N3O4. The summed E-state index contributed by atoms with van der Waals surface area (Å²) >= 11 is 0. The van der Waals surface area contributed by atoms with Gasteiger partial charge >= 0.3 is 0 Å². The molecule has 18 heavy (non-hydrogen) atoms. The molecule has 0 amide bonds. The van der Waals surface area contributed by atoms with Crippen LogP contribution in [0.25, 0.3) is 0 Å². The van der Waals surface area contributed by atoms with E-state index >= 15 is 0 Å². The molecule has 0 fully saturated rings. The standard InChI is InChI=1S/C11H17N3O4/c12-10-9(13-5-1-6-15)3-2-8(4-7-16)11(10)14(17)18/h2-3,13,15-16H,1,4-7,12H2. The molecule has 0 saturated carbocycles. The van der Waals surface area contributed by atoms with E-state index < -0.39 is 4.92 Å². The number of anilines is 2. The van der Waals surface area contributed by atoms with Crippen LogP contribution in [0.3, 0.4) is 0 Å². The lowest BCUT2D eigenvalue weighted by Crippen LogP contribution is -2.09. The van der Waals surface area contributed by atoms with Crippen LogP contribution in [0.4, 0.5) is 17.1 Å². The first kappa shape index (κ1) is 14.2. The maximum atomic E-state index is 11.0. The quantitative estimate of drug-likeness (QED) is 0.244. The molecule has 0 bridgehead atoms. The normalized spacial score (nSPS) is 10.3. The molecular weight excluding hydrogens is 238 g/mol. The molecule has 0 heterocycles. The fourth-order valence-electron chi connectivity index (χ4n) is 1.65. The number of aliphatic hydroxyl groups is 2. The maximum absolute atomic E-state index is 11.0. The Bertz CT molecular complexity index is 423. The van der Waals surface area contributed by atoms with Crippen molar-refractivity contribution in [2.24, 2.45) is 0 Å². The van der Waals surface area contributed by atoms with Crippen molar-refractivity contribution in [1.29, 1.82) is 0 Å². The molecule has 1 rings (SSSR count). The summed E-state index contributed by atoms with van der Waals surface area (Å²) < 4.78 is 0. The van der Waals surface area contributed by atoms with E-state index in [4.69, 9.17) is 15.9 Å². The van der Waals surface area contributed by atoms with Crippen molar-refractivity contribution in [2.45, 2.75) is 12.8 Å². The number of hydrogen-bond donors (Lipinski definition) is 4. The Morgan fingerprint density at radius 2 is 2.06 bits per heavy atom. The number of nitrogens with one attached hydrogen (secondary N) is 1. The molecule has 1 aromatic carbocycles. The number of aliphatic hydroxyl groups excluding tert-OH is 2. The smallest absolute Gasteiger partial charge is 0.297 e. The van der Waals surface area contributed by atoms with Crippen LogP contribution in [0.15, 0.2) is 12.1 Å². The van der Waals surface area contributed by atoms with Crippen LogP contribution in [0.1, 0.15) is 12.0 Å². The summed E-state index contributed by atoms with van der Waals surface area (Å²) in [6.45, 7) is 0.354. The van der Waals surface area contributed by atoms with E-state index in [1.165, 1.54) is 0 Å². The van der Waals surface area contributed by atoms with Gasteiger partial charge in [-0.2, -0.15) is 0 Å². The summed E-state index contributed by atoms with van der Waals surface area (Å²) in [5.41, 5.74) is 6.52. The van der Waals surface area contributed by atoms with Crippen LogP contribution in [0, 0.1) is 10.1 Å². The predicted molar refractivity (Wildman–Crippen MR) is 68.5 cm³/mol. The number of nitrogen functional groups attached to an aromatic ring is 1. The number of benzene rings is 1. The molecule has 100 valence electrons. The van der Waals surface area contributed by atoms with Crippen molar-refractivity contribution in [2.75, 3.05) is 30.8 Å². The molecule has 0 aliphatic carbocycles. The SMILES string of the molecule is Nc1c(NCCCO)ccc(CCO)c1[N+](=O)[O-]. The van der Waals surface area contributed by atoms with Gasteiger partial charge in [0.05, 0.1) is 10.6 Å². The lowest BCUT2D eigenvalue weighted by atomic mass is 10.1. The Morgan fingerprint density at radius 3 is 2.61 bits per heavy atom. The number of nitrogens with zero attached hydrogens (tertiary/aromatic N) is 1. The van der Waals surface area contributed by atoms with Crippen LogP contribution in [0.2, 0.25) is 0 Å². The fraction of sp³-hybridized carbons (Fsp3) is 0.455. The summed E-state index contributed by atoms with van der Waals surface area (Å²) in [6.07, 6.45) is 0.725. The van der Waals surface area contributed by atoms with Gasteiger partial charge in [0.15, 0.2) is 0 Å². The number of nitro benzene ring substituents is 1. The molecule has 0 radical (unpaired) electrons. The van der Waals surface area contributed by atoms with E-state index in [0.29, 0.717) is 24.2 Å². The minimum Gasteiger partial charge on any atom is -0.396 e. The number of nitrogens with two attached hydrogens (primary N) is 1. The topological polar surface area (TPSA) is 122 Å². The van der Waals surface area contributed by atoms with E-state index in [9.17, 15) is 10.1 Å². The van der Waals surface area contributed by atoms with E-state index in [1.807, 2.05) is 0 Å². The van der Waals surface area contributed by atoms with Gasteiger partial charge in [-0.1, -0.05) is 0 Å². The Kier molecular flexibility index (Phi) is 5.34. The average Bonchev–Trinajstić information content (AvgIpc) is 2.32. The molecule has 0 aromatic heterocycles. The third-order valence-corrected chi connectivity index (χ3v) is 2.51. The molecule has 0 saturated heterocycles. The van der Waals surface area contributed by atoms with Gasteiger partial charge in [-0.25, -0.2) is 0 Å². The summed E-state index contributed by atoms with van der Waals surface area (Å²) in [4.78, 5) is 10.4. The molecule has 5 N–H and O–H groups in total. The highest BCUT2D eigenvalue weighted by Crippen LogP contribution is 2.33. The summed E-state index contributed by atoms with van der Waals surface area (Å²) in [7, 11) is 0. The first-order valence-electron chi connectivity index (χ1n) is 5.63. The predicted octanol–water partition coefficient (Wildman–Crippen LogP) is 0.506. The molecule has 7 nitrogen and oxygen atoms in total. The minimum atomic E-state index is -0.544. The summed E-state index contributed by atoms with van der Waals surface area (Å²) in [5, 5.41) is 31.4. The Labute approximate surface area is 104 Å². The lowest BCUT2D eigenvalue weighted by molar-refractivity contribution is -0.384. The minimum absolute atomic E-state index is 0.0393. The van der Waals surface area contributed by atoms with Crippen molar-refractivity contribution >= 4 is 17.1 Å². The van der Waals surface area contributed by atoms with Crippen LogP contribution in [-0.2, 0) is 6.42 Å². The number of rotatable bonds is 7. The summed E-state index contributed by atoms with van der Waals surface area (Å²) in [6, 6.07) is 3.22. The van der Waals surface area contributed by atoms with Gasteiger partial charge in [0, 0.05) is 31.7 Å². The maximum Gasteiger partial charge on any atom is 0.297 e. The van der Waals surface area contributed by atoms with Gasteiger partial charge in [-0.05, 0) is 18.6 Å². The van der Waals surface area contributed by atoms with Crippen molar-refractivity contribution in [1.82, 2.24) is 0 Å². The average molecular weight is 255 g/mol. The van der Waals surface area contributed by atoms with Gasteiger partial charge < -0.3 is 21.3 Å². The highest BCUT2D eigenvalue weighted by atomic mass is 16.6. The molecule has 0 atom stereocenters. The van der Waals surface area contributed by atoms with Gasteiger partial charge in [0.2, 0.25) is 0 Å². The Morgan fingerprint density at radius 1 is 1.33 bits per heavy atom. The van der Waals surface area contributed by atoms with E-state index in [1.54, 1.807) is 12.1 Å². The molecule has 0 aliphatic heterocycles. The number of hydrogen-bond acceptors (Lipinski definition) is 6. The first-order chi connectivity index (χ1) is 8.61. The van der Waals surface area contributed by atoms with E-state index in [2.05, 4.69) is 5.32 Å². The molecule has 0 unspecified atom stereocenters. The Hall–Kier alpha value is -1.86. The third kappa shape index (κ3) is 3.31. The van der Waals surface area contributed by atoms with Crippen molar-refractivity contribution < 1.29 is 15.1 Å². The molecule has 0 aliphatic rings. The van der Waals surface area contributed by atoms with Crippen molar-refractivity contribution in [3.05, 3.63) is 27.8 Å². The zero-order chi connectivity index (χ0) is 13.5. The monoisotopic (exact) mass is 255 g/mol. The second-order valence-corrected chi connectivity index (χ2v) is 3.77. The van der Waals surface area contributed by atoms with Gasteiger partial charge in [0.25, 0.3) is 5.69 Å². The van der Waals surface area contributed by atoms with Gasteiger partial charge in [0.1, 0.15) is 5.69 Å². The van der Waals surface area contributed by atoms with Crippen molar-refractivity contribution in [3.8, 4) is 0 Å². The molecule has 0 spiro atoms. The number of nitro groups is 1. The van der Waals surface area contributed by atoms with E-state index in [-0.39, 0.29) is 31.0 Å². The van der Waals surface area contributed by atoms with Gasteiger partial charge in [-0.3, -0.25) is 10.1 Å². The largest absolute Gasteiger partial charge is 0.396 e. The van der Waals surface area contributed by atoms with Crippen LogP contribution >= 0.6 is 0 Å². The zero-order valence-corrected chi connectivity index (χ0v) is 9.93. The zero-order valence-electron chi connectivity index (χ0n) is 9.93. The Balaban J connectivity index is 3.01. The second-order valence-electron chi connectivity index (χ2n) is 3.77. The first-order valence-corrected chi connectivity index (χ1v) is 5.63. The highest BCUT2D eigenvalue weighted by molar-refractivity contribution is 5.78. The van der Waals surface area contributed by atoms with Crippen LogP contribution in [0.5, 0.6) is 0 Å². The van der Waals surface area contributed by atoms with Gasteiger partial charge in [-0.15, -0.1) is 0 Å². The fourth-order valence-corrected chi connectivity index (χ4v) is 1.65.